The van der Waals surface area contributed by atoms with E-state index in [0.29, 0.717) is 0 Å². The molecular formula is C13H14BrNO. The molecule has 1 heterocycles. The van der Waals surface area contributed by atoms with Gasteiger partial charge in [-0.05, 0) is 43.0 Å². The van der Waals surface area contributed by atoms with E-state index in [-0.39, 0.29) is 6.10 Å². The molecule has 1 N–H and O–H groups in total. The first-order valence-electron chi connectivity index (χ1n) is 5.63. The number of aryl methyl sites for hydroxylation is 2. The summed E-state index contributed by atoms with van der Waals surface area (Å²) in [5, 5.41) is 11.4. The lowest BCUT2D eigenvalue weighted by molar-refractivity contribution is 0.149. The average molecular weight is 280 g/mol. The van der Waals surface area contributed by atoms with Crippen molar-refractivity contribution in [1.29, 1.82) is 0 Å². The van der Waals surface area contributed by atoms with Crippen LogP contribution >= 0.6 is 15.9 Å². The molecule has 16 heavy (non-hydrogen) atoms. The number of aromatic nitrogens is 1. The summed E-state index contributed by atoms with van der Waals surface area (Å²) >= 11 is 3.51. The van der Waals surface area contributed by atoms with E-state index in [1.807, 2.05) is 7.05 Å². The third kappa shape index (κ3) is 1.35. The van der Waals surface area contributed by atoms with Crippen LogP contribution in [-0.4, -0.2) is 9.67 Å². The maximum absolute atomic E-state index is 10.1. The van der Waals surface area contributed by atoms with Crippen molar-refractivity contribution >= 4 is 26.8 Å². The molecule has 1 aromatic carbocycles. The van der Waals surface area contributed by atoms with E-state index in [1.54, 1.807) is 0 Å². The van der Waals surface area contributed by atoms with Crippen LogP contribution in [-0.2, 0) is 13.5 Å². The lowest BCUT2D eigenvalue weighted by Crippen LogP contribution is -2.11. The van der Waals surface area contributed by atoms with Crippen LogP contribution in [0.25, 0.3) is 10.9 Å². The fraction of sp³-hybridized carbons (Fsp3) is 0.385. The van der Waals surface area contributed by atoms with Gasteiger partial charge in [-0.25, -0.2) is 0 Å². The van der Waals surface area contributed by atoms with Gasteiger partial charge in [0.15, 0.2) is 0 Å². The lowest BCUT2D eigenvalue weighted by atomic mass is 9.93. The fourth-order valence-corrected chi connectivity index (χ4v) is 3.17. The van der Waals surface area contributed by atoms with Gasteiger partial charge in [-0.15, -0.1) is 0 Å². The highest BCUT2D eigenvalue weighted by atomic mass is 79.9. The number of rotatable bonds is 0. The van der Waals surface area contributed by atoms with E-state index >= 15 is 0 Å². The standard InChI is InChI=1S/C13H14BrNO/c1-15-11-6-5-8(14)7-10(11)9-3-2-4-12(16)13(9)15/h5-7,12,16H,2-4H2,1H3. The Morgan fingerprint density at radius 1 is 1.44 bits per heavy atom. The summed E-state index contributed by atoms with van der Waals surface area (Å²) < 4.78 is 3.24. The molecule has 0 amide bonds. The number of hydrogen-bond donors (Lipinski definition) is 1. The van der Waals surface area contributed by atoms with Gasteiger partial charge in [0.1, 0.15) is 0 Å². The minimum atomic E-state index is -0.292. The first kappa shape index (κ1) is 10.4. The van der Waals surface area contributed by atoms with E-state index in [4.69, 9.17) is 0 Å². The number of aliphatic hydroxyl groups excluding tert-OH is 1. The lowest BCUT2D eigenvalue weighted by Gasteiger charge is -2.19. The van der Waals surface area contributed by atoms with Crippen LogP contribution in [0.4, 0.5) is 0 Å². The number of aliphatic hydroxyl groups is 1. The van der Waals surface area contributed by atoms with Crippen LogP contribution in [0, 0.1) is 0 Å². The van der Waals surface area contributed by atoms with Crippen molar-refractivity contribution in [1.82, 2.24) is 4.57 Å². The van der Waals surface area contributed by atoms with Crippen LogP contribution < -0.4 is 0 Å². The zero-order valence-corrected chi connectivity index (χ0v) is 10.8. The predicted molar refractivity (Wildman–Crippen MR) is 68.5 cm³/mol. The Balaban J connectivity index is 2.39. The summed E-state index contributed by atoms with van der Waals surface area (Å²) in [5.41, 5.74) is 3.66. The van der Waals surface area contributed by atoms with E-state index in [1.165, 1.54) is 16.5 Å². The second-order valence-electron chi connectivity index (χ2n) is 4.49. The van der Waals surface area contributed by atoms with Gasteiger partial charge in [-0.2, -0.15) is 0 Å². The van der Waals surface area contributed by atoms with Crippen molar-refractivity contribution in [3.63, 3.8) is 0 Å². The summed E-state index contributed by atoms with van der Waals surface area (Å²) in [6.07, 6.45) is 2.76. The molecule has 0 saturated carbocycles. The van der Waals surface area contributed by atoms with E-state index < -0.39 is 0 Å². The van der Waals surface area contributed by atoms with Crippen LogP contribution in [0.5, 0.6) is 0 Å². The van der Waals surface area contributed by atoms with Crippen molar-refractivity contribution in [3.8, 4) is 0 Å². The zero-order chi connectivity index (χ0) is 11.3. The number of benzene rings is 1. The average Bonchev–Trinajstić information content (AvgIpc) is 2.54. The quantitative estimate of drug-likeness (QED) is 0.787. The van der Waals surface area contributed by atoms with Gasteiger partial charge >= 0.3 is 0 Å². The molecule has 0 aliphatic heterocycles. The Kier molecular flexibility index (Phi) is 2.33. The van der Waals surface area contributed by atoms with Gasteiger partial charge in [-0.1, -0.05) is 15.9 Å². The monoisotopic (exact) mass is 279 g/mol. The third-order valence-corrected chi connectivity index (χ3v) is 4.03. The molecular weight excluding hydrogens is 266 g/mol. The molecule has 1 aliphatic carbocycles. The molecule has 2 nitrogen and oxygen atoms in total. The highest BCUT2D eigenvalue weighted by Gasteiger charge is 2.24. The molecule has 0 spiro atoms. The maximum Gasteiger partial charge on any atom is 0.0942 e. The molecule has 3 rings (SSSR count). The van der Waals surface area contributed by atoms with E-state index in [0.717, 1.165) is 29.4 Å². The first-order chi connectivity index (χ1) is 7.68. The van der Waals surface area contributed by atoms with Crippen molar-refractivity contribution in [3.05, 3.63) is 33.9 Å². The van der Waals surface area contributed by atoms with Crippen LogP contribution in [0.15, 0.2) is 22.7 Å². The third-order valence-electron chi connectivity index (χ3n) is 3.54. The largest absolute Gasteiger partial charge is 0.387 e. The Labute approximate surface area is 103 Å². The Morgan fingerprint density at radius 3 is 3.06 bits per heavy atom. The summed E-state index contributed by atoms with van der Waals surface area (Å²) in [5.74, 6) is 0. The van der Waals surface area contributed by atoms with E-state index in [2.05, 4.69) is 38.7 Å². The number of halogens is 1. The Hall–Kier alpha value is -0.800. The second kappa shape index (κ2) is 3.60. The van der Waals surface area contributed by atoms with Crippen LogP contribution in [0.3, 0.4) is 0 Å². The van der Waals surface area contributed by atoms with E-state index in [9.17, 15) is 5.11 Å². The molecule has 84 valence electrons. The number of hydrogen-bond acceptors (Lipinski definition) is 1. The van der Waals surface area contributed by atoms with Gasteiger partial charge in [0.2, 0.25) is 0 Å². The predicted octanol–water partition coefficient (Wildman–Crippen LogP) is 3.31. The van der Waals surface area contributed by atoms with Crippen molar-refractivity contribution < 1.29 is 5.11 Å². The second-order valence-corrected chi connectivity index (χ2v) is 5.41. The summed E-state index contributed by atoms with van der Waals surface area (Å²) in [7, 11) is 2.05. The molecule has 2 aromatic rings. The van der Waals surface area contributed by atoms with Crippen LogP contribution in [0.1, 0.15) is 30.2 Å². The first-order valence-corrected chi connectivity index (χ1v) is 6.42. The van der Waals surface area contributed by atoms with Crippen molar-refractivity contribution in [2.45, 2.75) is 25.4 Å². The van der Waals surface area contributed by atoms with Gasteiger partial charge in [0, 0.05) is 22.4 Å². The van der Waals surface area contributed by atoms with Crippen LogP contribution in [0.2, 0.25) is 0 Å². The molecule has 0 fully saturated rings. The van der Waals surface area contributed by atoms with Crippen molar-refractivity contribution in [2.24, 2.45) is 7.05 Å². The van der Waals surface area contributed by atoms with Crippen molar-refractivity contribution in [2.75, 3.05) is 0 Å². The minimum absolute atomic E-state index is 0.292. The van der Waals surface area contributed by atoms with Gasteiger partial charge in [-0.3, -0.25) is 0 Å². The highest BCUT2D eigenvalue weighted by molar-refractivity contribution is 9.10. The Morgan fingerprint density at radius 2 is 2.25 bits per heavy atom. The normalized spacial score (nSPS) is 20.1. The summed E-state index contributed by atoms with van der Waals surface area (Å²) in [6, 6.07) is 6.33. The molecule has 0 bridgehead atoms. The molecule has 0 saturated heterocycles. The molecule has 1 atom stereocenters. The Bertz CT molecular complexity index is 559. The summed E-state index contributed by atoms with van der Waals surface area (Å²) in [4.78, 5) is 0. The molecule has 1 aliphatic rings. The SMILES string of the molecule is Cn1c2c(c3cc(Br)ccc31)CCCC2O. The van der Waals surface area contributed by atoms with Gasteiger partial charge in [0.25, 0.3) is 0 Å². The molecule has 1 unspecified atom stereocenters. The molecule has 3 heteroatoms. The number of fused-ring (bicyclic) bond motifs is 3. The number of nitrogens with zero attached hydrogens (tertiary/aromatic N) is 1. The smallest absolute Gasteiger partial charge is 0.0942 e. The summed E-state index contributed by atoms with van der Waals surface area (Å²) in [6.45, 7) is 0. The maximum atomic E-state index is 10.1. The fourth-order valence-electron chi connectivity index (χ4n) is 2.81. The molecule has 1 aromatic heterocycles. The highest BCUT2D eigenvalue weighted by Crippen LogP contribution is 2.37. The van der Waals surface area contributed by atoms with Gasteiger partial charge in [0.05, 0.1) is 11.8 Å². The minimum Gasteiger partial charge on any atom is -0.387 e. The zero-order valence-electron chi connectivity index (χ0n) is 9.20. The van der Waals surface area contributed by atoms with Gasteiger partial charge < -0.3 is 9.67 Å². The topological polar surface area (TPSA) is 25.2 Å². The molecule has 0 radical (unpaired) electrons.